The Labute approximate surface area is 115 Å². The zero-order valence-electron chi connectivity index (χ0n) is 10.9. The van der Waals surface area contributed by atoms with Gasteiger partial charge in [-0.2, -0.15) is 0 Å². The van der Waals surface area contributed by atoms with Crippen LogP contribution in [0.2, 0.25) is 0 Å². The van der Waals surface area contributed by atoms with Crippen molar-refractivity contribution in [1.29, 1.82) is 0 Å². The van der Waals surface area contributed by atoms with Crippen LogP contribution in [0.5, 0.6) is 0 Å². The largest absolute Gasteiger partial charge is 0.389 e. The number of nitrogens with zero attached hydrogens (tertiary/aromatic N) is 3. The predicted molar refractivity (Wildman–Crippen MR) is 69.4 cm³/mol. The molecule has 0 fully saturated rings. The number of aliphatic hydroxyl groups is 1. The van der Waals surface area contributed by atoms with Crippen molar-refractivity contribution in [3.63, 3.8) is 0 Å². The van der Waals surface area contributed by atoms with Crippen LogP contribution in [0.4, 0.5) is 0 Å². The van der Waals surface area contributed by atoms with E-state index in [1.54, 1.807) is 13.8 Å². The van der Waals surface area contributed by atoms with Gasteiger partial charge in [-0.25, -0.2) is 17.8 Å². The van der Waals surface area contributed by atoms with Gasteiger partial charge >= 0.3 is 0 Å². The second-order valence-electron chi connectivity index (χ2n) is 5.10. The molecule has 0 bridgehead atoms. The second kappa shape index (κ2) is 4.55. The van der Waals surface area contributed by atoms with Crippen LogP contribution in [0, 0.1) is 0 Å². The molecule has 0 aromatic carbocycles. The summed E-state index contributed by atoms with van der Waals surface area (Å²) in [5, 5.41) is 17.1. The van der Waals surface area contributed by atoms with Crippen LogP contribution in [0.15, 0.2) is 9.63 Å². The molecule has 0 amide bonds. The van der Waals surface area contributed by atoms with E-state index >= 15 is 0 Å². The summed E-state index contributed by atoms with van der Waals surface area (Å²) in [7, 11) is -2.36. The quantitative estimate of drug-likeness (QED) is 0.827. The molecule has 0 spiro atoms. The Morgan fingerprint density at radius 2 is 1.83 bits per heavy atom. The van der Waals surface area contributed by atoms with E-state index in [0.29, 0.717) is 0 Å². The number of sulfonamides is 1. The van der Waals surface area contributed by atoms with Gasteiger partial charge < -0.3 is 5.11 Å². The van der Waals surface area contributed by atoms with E-state index in [0.717, 1.165) is 4.68 Å². The zero-order chi connectivity index (χ0) is 14.4. The molecular weight excluding hydrogens is 324 g/mol. The summed E-state index contributed by atoms with van der Waals surface area (Å²) in [6.45, 7) is 6.27. The number of halogens is 1. The number of nitrogens with one attached hydrogen (secondary N) is 1. The Hall–Kier alpha value is -0.510. The van der Waals surface area contributed by atoms with Crippen LogP contribution >= 0.6 is 15.9 Å². The average Bonchev–Trinajstić information content (AvgIpc) is 2.42. The van der Waals surface area contributed by atoms with Gasteiger partial charge in [0.1, 0.15) is 0 Å². The highest BCUT2D eigenvalue weighted by Gasteiger charge is 2.40. The predicted octanol–water partition coefficient (Wildman–Crippen LogP) is 0.405. The Morgan fingerprint density at radius 1 is 1.33 bits per heavy atom. The molecular formula is C9H17BrN4O3S. The molecule has 1 aromatic heterocycles. The smallest absolute Gasteiger partial charge is 0.261 e. The number of hydrogen-bond acceptors (Lipinski definition) is 5. The molecule has 0 saturated heterocycles. The van der Waals surface area contributed by atoms with Crippen molar-refractivity contribution in [2.24, 2.45) is 7.05 Å². The minimum absolute atomic E-state index is 0.0835. The number of rotatable bonds is 4. The molecule has 0 aliphatic rings. The van der Waals surface area contributed by atoms with E-state index in [1.165, 1.54) is 20.9 Å². The lowest BCUT2D eigenvalue weighted by Crippen LogP contribution is -2.57. The molecule has 2 N–H and O–H groups in total. The monoisotopic (exact) mass is 340 g/mol. The maximum absolute atomic E-state index is 12.2. The second-order valence-corrected chi connectivity index (χ2v) is 7.45. The Bertz CT molecular complexity index is 525. The van der Waals surface area contributed by atoms with Crippen LogP contribution < -0.4 is 4.72 Å². The number of aromatic nitrogens is 3. The van der Waals surface area contributed by atoms with E-state index in [-0.39, 0.29) is 9.63 Å². The van der Waals surface area contributed by atoms with Crippen molar-refractivity contribution in [2.45, 2.75) is 43.9 Å². The summed E-state index contributed by atoms with van der Waals surface area (Å²) in [6, 6.07) is 0. The van der Waals surface area contributed by atoms with Gasteiger partial charge in [0.15, 0.2) is 4.60 Å². The Kier molecular flexibility index (Phi) is 3.93. The molecule has 1 aromatic rings. The van der Waals surface area contributed by atoms with Gasteiger partial charge in [0.2, 0.25) is 5.03 Å². The summed E-state index contributed by atoms with van der Waals surface area (Å²) in [5.41, 5.74) is -2.27. The standard InChI is InChI=1S/C9H17BrN4O3S/c1-8(2,9(3,4)15)12-18(16,17)7-6(10)11-13-14(7)5/h12,15H,1-5H3. The Balaban J connectivity index is 3.19. The van der Waals surface area contributed by atoms with E-state index in [1.807, 2.05) is 0 Å². The van der Waals surface area contributed by atoms with Gasteiger partial charge in [0.05, 0.1) is 11.1 Å². The van der Waals surface area contributed by atoms with Crippen molar-refractivity contribution in [1.82, 2.24) is 19.7 Å². The summed E-state index contributed by atoms with van der Waals surface area (Å²) >= 11 is 3.03. The van der Waals surface area contributed by atoms with Crippen LogP contribution in [0.25, 0.3) is 0 Å². The third-order valence-electron chi connectivity index (χ3n) is 2.91. The number of hydrogen-bond donors (Lipinski definition) is 2. The summed E-state index contributed by atoms with van der Waals surface area (Å²) in [5.74, 6) is 0. The first kappa shape index (κ1) is 15.5. The molecule has 0 aliphatic heterocycles. The average molecular weight is 341 g/mol. The first-order valence-electron chi connectivity index (χ1n) is 5.20. The van der Waals surface area contributed by atoms with Gasteiger partial charge in [-0.15, -0.1) is 5.10 Å². The van der Waals surface area contributed by atoms with Crippen molar-refractivity contribution in [2.75, 3.05) is 0 Å². The third-order valence-corrected chi connectivity index (χ3v) is 5.45. The fraction of sp³-hybridized carbons (Fsp3) is 0.778. The molecule has 104 valence electrons. The molecule has 1 heterocycles. The lowest BCUT2D eigenvalue weighted by atomic mass is 9.87. The van der Waals surface area contributed by atoms with E-state index < -0.39 is 21.2 Å². The maximum Gasteiger partial charge on any atom is 0.261 e. The molecule has 0 saturated carbocycles. The minimum Gasteiger partial charge on any atom is -0.389 e. The molecule has 0 unspecified atom stereocenters. The SMILES string of the molecule is Cn1nnc(Br)c1S(=O)(=O)NC(C)(C)C(C)(C)O. The summed E-state index contributed by atoms with van der Waals surface area (Å²) < 4.78 is 28.2. The lowest BCUT2D eigenvalue weighted by Gasteiger charge is -2.37. The van der Waals surface area contributed by atoms with Gasteiger partial charge in [0, 0.05) is 7.05 Å². The van der Waals surface area contributed by atoms with Gasteiger partial charge in [0.25, 0.3) is 10.0 Å². The molecule has 0 radical (unpaired) electrons. The van der Waals surface area contributed by atoms with E-state index in [9.17, 15) is 13.5 Å². The summed E-state index contributed by atoms with van der Waals surface area (Å²) in [4.78, 5) is 0. The van der Waals surface area contributed by atoms with Crippen molar-refractivity contribution < 1.29 is 13.5 Å². The van der Waals surface area contributed by atoms with Crippen molar-refractivity contribution in [3.05, 3.63) is 4.60 Å². The maximum atomic E-state index is 12.2. The normalized spacial score (nSPS) is 13.9. The van der Waals surface area contributed by atoms with Gasteiger partial charge in [-0.1, -0.05) is 5.21 Å². The highest BCUT2D eigenvalue weighted by Crippen LogP contribution is 2.25. The topological polar surface area (TPSA) is 97.1 Å². The molecule has 9 heteroatoms. The van der Waals surface area contributed by atoms with Crippen LogP contribution in [-0.4, -0.2) is 39.7 Å². The number of aryl methyl sites for hydroxylation is 1. The van der Waals surface area contributed by atoms with E-state index in [2.05, 4.69) is 31.0 Å². The fourth-order valence-electron chi connectivity index (χ4n) is 1.12. The van der Waals surface area contributed by atoms with Gasteiger partial charge in [-0.3, -0.25) is 0 Å². The molecule has 7 nitrogen and oxygen atoms in total. The summed E-state index contributed by atoms with van der Waals surface area (Å²) in [6.07, 6.45) is 0. The first-order chi connectivity index (χ1) is 7.88. The molecule has 0 atom stereocenters. The molecule has 1 rings (SSSR count). The molecule has 18 heavy (non-hydrogen) atoms. The van der Waals surface area contributed by atoms with Crippen LogP contribution in [0.3, 0.4) is 0 Å². The van der Waals surface area contributed by atoms with Gasteiger partial charge in [-0.05, 0) is 43.6 Å². The van der Waals surface area contributed by atoms with Crippen molar-refractivity contribution >= 4 is 26.0 Å². The Morgan fingerprint density at radius 3 is 2.17 bits per heavy atom. The highest BCUT2D eigenvalue weighted by molar-refractivity contribution is 9.10. The van der Waals surface area contributed by atoms with E-state index in [4.69, 9.17) is 0 Å². The van der Waals surface area contributed by atoms with Crippen LogP contribution in [-0.2, 0) is 17.1 Å². The highest BCUT2D eigenvalue weighted by atomic mass is 79.9. The zero-order valence-corrected chi connectivity index (χ0v) is 13.3. The minimum atomic E-state index is -3.84. The van der Waals surface area contributed by atoms with Crippen molar-refractivity contribution in [3.8, 4) is 0 Å². The molecule has 0 aliphatic carbocycles. The first-order valence-corrected chi connectivity index (χ1v) is 7.47. The van der Waals surface area contributed by atoms with Crippen LogP contribution in [0.1, 0.15) is 27.7 Å². The fourth-order valence-corrected chi connectivity index (χ4v) is 3.75. The lowest BCUT2D eigenvalue weighted by molar-refractivity contribution is 0.00632. The third kappa shape index (κ3) is 2.90.